The lowest BCUT2D eigenvalue weighted by atomic mass is 10.0. The summed E-state index contributed by atoms with van der Waals surface area (Å²) in [6.45, 7) is 2.02. The maximum Gasteiger partial charge on any atom is 0.348 e. The molecule has 17 heavy (non-hydrogen) atoms. The molecule has 3 rings (SSSR count). The van der Waals surface area contributed by atoms with Gasteiger partial charge in [-0.05, 0) is 37.3 Å². The average Bonchev–Trinajstić information content (AvgIpc) is 2.84. The van der Waals surface area contributed by atoms with E-state index in [1.54, 1.807) is 0 Å². The number of nitrogens with zero attached hydrogens (tertiary/aromatic N) is 1. The van der Waals surface area contributed by atoms with Crippen LogP contribution in [0.5, 0.6) is 0 Å². The molecule has 0 bridgehead atoms. The fourth-order valence-corrected chi connectivity index (χ4v) is 3.57. The first-order chi connectivity index (χ1) is 8.09. The number of fused-ring (bicyclic) bond motifs is 2. The van der Waals surface area contributed by atoms with E-state index in [-0.39, 0.29) is 4.88 Å². The van der Waals surface area contributed by atoms with Crippen LogP contribution < -0.4 is 5.73 Å². The molecule has 2 heterocycles. The second kappa shape index (κ2) is 3.43. The third-order valence-electron chi connectivity index (χ3n) is 3.37. The molecule has 0 saturated carbocycles. The highest BCUT2D eigenvalue weighted by Gasteiger charge is 2.23. The number of anilines is 1. The fourth-order valence-electron chi connectivity index (χ4n) is 2.56. The van der Waals surface area contributed by atoms with Crippen LogP contribution >= 0.6 is 11.3 Å². The van der Waals surface area contributed by atoms with Gasteiger partial charge in [0, 0.05) is 11.1 Å². The number of carboxylic acids is 1. The minimum atomic E-state index is -0.968. The van der Waals surface area contributed by atoms with Crippen LogP contribution in [0.15, 0.2) is 0 Å². The highest BCUT2D eigenvalue weighted by Crippen LogP contribution is 2.38. The summed E-state index contributed by atoms with van der Waals surface area (Å²) in [5.41, 5.74) is 9.79. The molecule has 5 heteroatoms. The van der Waals surface area contributed by atoms with E-state index < -0.39 is 5.97 Å². The van der Waals surface area contributed by atoms with Crippen LogP contribution in [0, 0.1) is 6.92 Å². The molecule has 0 fully saturated rings. The van der Waals surface area contributed by atoms with Crippen LogP contribution in [-0.4, -0.2) is 16.1 Å². The number of aromatic carboxylic acids is 1. The molecule has 0 saturated heterocycles. The van der Waals surface area contributed by atoms with Crippen molar-refractivity contribution in [3.8, 4) is 0 Å². The summed E-state index contributed by atoms with van der Waals surface area (Å²) in [4.78, 5) is 16.6. The zero-order chi connectivity index (χ0) is 12.2. The first-order valence-corrected chi connectivity index (χ1v) is 6.35. The minimum absolute atomic E-state index is 0.208. The molecule has 3 N–H and O–H groups in total. The van der Waals surface area contributed by atoms with Crippen molar-refractivity contribution in [2.75, 3.05) is 5.73 Å². The quantitative estimate of drug-likeness (QED) is 0.812. The standard InChI is InChI=1S/C12H12N2O2S/c1-5-6-3-2-4-7(6)14-11-8(5)9(13)10(17-11)12(15)16/h2-4,13H2,1H3,(H,15,16). The van der Waals surface area contributed by atoms with Crippen molar-refractivity contribution in [1.29, 1.82) is 0 Å². The van der Waals surface area contributed by atoms with Gasteiger partial charge in [0.25, 0.3) is 0 Å². The van der Waals surface area contributed by atoms with Gasteiger partial charge in [-0.3, -0.25) is 0 Å². The fraction of sp³-hybridized carbons (Fsp3) is 0.333. The lowest BCUT2D eigenvalue weighted by molar-refractivity contribution is 0.0703. The smallest absolute Gasteiger partial charge is 0.348 e. The molecule has 0 unspecified atom stereocenters. The second-order valence-corrected chi connectivity index (χ2v) is 5.34. The molecule has 88 valence electrons. The first-order valence-electron chi connectivity index (χ1n) is 5.53. The van der Waals surface area contributed by atoms with E-state index >= 15 is 0 Å². The Morgan fingerprint density at radius 3 is 2.94 bits per heavy atom. The SMILES string of the molecule is Cc1c2c(nc3sc(C(=O)O)c(N)c13)CCC2. The molecular weight excluding hydrogens is 236 g/mol. The average molecular weight is 248 g/mol. The van der Waals surface area contributed by atoms with E-state index in [1.165, 1.54) is 16.9 Å². The number of aromatic nitrogens is 1. The zero-order valence-corrected chi connectivity index (χ0v) is 10.2. The van der Waals surface area contributed by atoms with Crippen molar-refractivity contribution in [3.63, 3.8) is 0 Å². The number of rotatable bonds is 1. The number of pyridine rings is 1. The van der Waals surface area contributed by atoms with Crippen LogP contribution in [0.2, 0.25) is 0 Å². The normalized spacial score (nSPS) is 14.2. The number of carboxylic acid groups (broad SMARTS) is 1. The highest BCUT2D eigenvalue weighted by molar-refractivity contribution is 7.21. The summed E-state index contributed by atoms with van der Waals surface area (Å²) in [7, 11) is 0. The lowest BCUT2D eigenvalue weighted by Gasteiger charge is -2.05. The van der Waals surface area contributed by atoms with E-state index in [4.69, 9.17) is 10.8 Å². The molecule has 0 aliphatic heterocycles. The van der Waals surface area contributed by atoms with E-state index in [0.717, 1.165) is 40.7 Å². The predicted molar refractivity (Wildman–Crippen MR) is 67.8 cm³/mol. The third-order valence-corrected chi connectivity index (χ3v) is 4.46. The third kappa shape index (κ3) is 1.35. The largest absolute Gasteiger partial charge is 0.477 e. The number of aryl methyl sites for hydroxylation is 2. The van der Waals surface area contributed by atoms with Gasteiger partial charge in [0.15, 0.2) is 0 Å². The molecule has 0 amide bonds. The Morgan fingerprint density at radius 1 is 1.47 bits per heavy atom. The predicted octanol–water partition coefficient (Wildman–Crippen LogP) is 2.37. The minimum Gasteiger partial charge on any atom is -0.477 e. The maximum atomic E-state index is 11.1. The van der Waals surface area contributed by atoms with E-state index in [1.807, 2.05) is 6.92 Å². The molecule has 0 atom stereocenters. The molecule has 1 aliphatic carbocycles. The van der Waals surface area contributed by atoms with E-state index in [0.29, 0.717) is 5.69 Å². The van der Waals surface area contributed by atoms with Gasteiger partial charge in [-0.15, -0.1) is 11.3 Å². The summed E-state index contributed by atoms with van der Waals surface area (Å²) in [5, 5.41) is 9.91. The second-order valence-electron chi connectivity index (χ2n) is 4.35. The number of carbonyl (C=O) groups is 1. The Bertz CT molecular complexity index is 646. The number of nitrogens with two attached hydrogens (primary N) is 1. The van der Waals surface area contributed by atoms with E-state index in [9.17, 15) is 4.79 Å². The maximum absolute atomic E-state index is 11.1. The summed E-state index contributed by atoms with van der Waals surface area (Å²) in [6, 6.07) is 0. The van der Waals surface area contributed by atoms with Crippen LogP contribution in [0.4, 0.5) is 5.69 Å². The highest BCUT2D eigenvalue weighted by atomic mass is 32.1. The molecular formula is C12H12N2O2S. The van der Waals surface area contributed by atoms with Gasteiger partial charge >= 0.3 is 5.97 Å². The van der Waals surface area contributed by atoms with Crippen LogP contribution in [-0.2, 0) is 12.8 Å². The lowest BCUT2D eigenvalue weighted by Crippen LogP contribution is -1.98. The van der Waals surface area contributed by atoms with Gasteiger partial charge in [-0.2, -0.15) is 0 Å². The molecule has 2 aromatic rings. The van der Waals surface area contributed by atoms with Gasteiger partial charge < -0.3 is 10.8 Å². The molecule has 0 radical (unpaired) electrons. The van der Waals surface area contributed by atoms with Gasteiger partial charge in [0.05, 0.1) is 5.69 Å². The molecule has 1 aliphatic rings. The van der Waals surface area contributed by atoms with Crippen molar-refractivity contribution in [2.24, 2.45) is 0 Å². The van der Waals surface area contributed by atoms with Crippen molar-refractivity contribution in [1.82, 2.24) is 4.98 Å². The Hall–Kier alpha value is -1.62. The van der Waals surface area contributed by atoms with Gasteiger partial charge in [0.2, 0.25) is 0 Å². The van der Waals surface area contributed by atoms with E-state index in [2.05, 4.69) is 4.98 Å². The van der Waals surface area contributed by atoms with Crippen LogP contribution in [0.25, 0.3) is 10.2 Å². The molecule has 2 aromatic heterocycles. The molecule has 4 nitrogen and oxygen atoms in total. The summed E-state index contributed by atoms with van der Waals surface area (Å²) in [6.07, 6.45) is 3.15. The van der Waals surface area contributed by atoms with Crippen molar-refractivity contribution >= 4 is 33.2 Å². The van der Waals surface area contributed by atoms with Crippen molar-refractivity contribution in [2.45, 2.75) is 26.2 Å². The number of hydrogen-bond donors (Lipinski definition) is 2. The van der Waals surface area contributed by atoms with Crippen LogP contribution in [0.1, 0.15) is 32.9 Å². The Balaban J connectivity index is 2.40. The Morgan fingerprint density at radius 2 is 2.24 bits per heavy atom. The number of nitrogen functional groups attached to an aromatic ring is 1. The van der Waals surface area contributed by atoms with Gasteiger partial charge in [-0.25, -0.2) is 9.78 Å². The van der Waals surface area contributed by atoms with Crippen molar-refractivity contribution in [3.05, 3.63) is 21.7 Å². The number of thiophene rings is 1. The summed E-state index contributed by atoms with van der Waals surface area (Å²) in [5.74, 6) is -0.968. The van der Waals surface area contributed by atoms with Crippen LogP contribution in [0.3, 0.4) is 0 Å². The summed E-state index contributed by atoms with van der Waals surface area (Å²) >= 11 is 1.18. The Labute approximate surface area is 102 Å². The topological polar surface area (TPSA) is 76.2 Å². The monoisotopic (exact) mass is 248 g/mol. The van der Waals surface area contributed by atoms with Gasteiger partial charge in [0.1, 0.15) is 9.71 Å². The molecule has 0 spiro atoms. The summed E-state index contributed by atoms with van der Waals surface area (Å²) < 4.78 is 0. The van der Waals surface area contributed by atoms with Crippen molar-refractivity contribution < 1.29 is 9.90 Å². The zero-order valence-electron chi connectivity index (χ0n) is 9.41. The molecule has 0 aromatic carbocycles. The Kier molecular flexibility index (Phi) is 2.13. The number of hydrogen-bond acceptors (Lipinski definition) is 4. The van der Waals surface area contributed by atoms with Gasteiger partial charge in [-0.1, -0.05) is 0 Å². The first kappa shape index (κ1) is 10.5.